The molecule has 4 rings (SSSR count). The number of thiophene rings is 1. The van der Waals surface area contributed by atoms with Gasteiger partial charge in [0.2, 0.25) is 11.7 Å². The Labute approximate surface area is 186 Å². The molecule has 0 aliphatic rings. The molecule has 1 amide bonds. The van der Waals surface area contributed by atoms with Gasteiger partial charge in [-0.3, -0.25) is 9.36 Å². The Balaban J connectivity index is 1.23. The minimum atomic E-state index is -0.347. The van der Waals surface area contributed by atoms with Gasteiger partial charge in [0.25, 0.3) is 5.91 Å². The van der Waals surface area contributed by atoms with Crippen LogP contribution in [-0.2, 0) is 6.42 Å². The number of carbonyl (C=O) groups excluding carboxylic acids is 1. The number of rotatable bonds is 9. The summed E-state index contributed by atoms with van der Waals surface area (Å²) < 4.78 is 20.4. The van der Waals surface area contributed by atoms with Crippen LogP contribution in [0.2, 0.25) is 0 Å². The molecular formula is C21H20FN5O2S2. The number of nitrogens with one attached hydrogen (secondary N) is 2. The summed E-state index contributed by atoms with van der Waals surface area (Å²) in [5, 5.41) is 8.88. The van der Waals surface area contributed by atoms with Crippen LogP contribution in [0.4, 0.5) is 4.39 Å². The molecular weight excluding hydrogens is 437 g/mol. The molecule has 0 atom stereocenters. The Hall–Kier alpha value is -3.11. The lowest BCUT2D eigenvalue weighted by atomic mass is 10.2. The highest BCUT2D eigenvalue weighted by atomic mass is 32.1. The minimum absolute atomic E-state index is 0.242. The molecule has 0 aliphatic carbocycles. The van der Waals surface area contributed by atoms with Gasteiger partial charge in [-0.1, -0.05) is 17.6 Å². The zero-order chi connectivity index (χ0) is 21.6. The van der Waals surface area contributed by atoms with Gasteiger partial charge in [0, 0.05) is 24.8 Å². The first-order chi connectivity index (χ1) is 15.1. The average molecular weight is 458 g/mol. The molecule has 3 aromatic heterocycles. The van der Waals surface area contributed by atoms with Gasteiger partial charge in [0.1, 0.15) is 11.5 Å². The van der Waals surface area contributed by atoms with E-state index in [0.29, 0.717) is 40.8 Å². The van der Waals surface area contributed by atoms with E-state index in [1.165, 1.54) is 12.1 Å². The Morgan fingerprint density at radius 2 is 2.06 bits per heavy atom. The number of halogens is 1. The standard InChI is InChI=1S/C21H20FN5O2S2/c22-14-7-9-15(10-8-14)27-16(13-24-21(27)30)20(28)23-11-3-1-2-6-18-25-19(26-29-18)17-5-4-12-31-17/h4-5,7-10,12-13H,1-3,6,11H2,(H,23,28)(H,24,30). The van der Waals surface area contributed by atoms with E-state index < -0.39 is 0 Å². The lowest BCUT2D eigenvalue weighted by molar-refractivity contribution is 0.0946. The number of aromatic amines is 1. The van der Waals surface area contributed by atoms with Gasteiger partial charge >= 0.3 is 0 Å². The number of imidazole rings is 1. The molecule has 0 radical (unpaired) electrons. The molecule has 0 saturated heterocycles. The number of unbranched alkanes of at least 4 members (excludes halogenated alkanes) is 2. The Kier molecular flexibility index (Phi) is 6.68. The van der Waals surface area contributed by atoms with E-state index in [2.05, 4.69) is 20.4 Å². The number of aromatic nitrogens is 4. The lowest BCUT2D eigenvalue weighted by Crippen LogP contribution is -2.26. The first-order valence-electron chi connectivity index (χ1n) is 9.83. The minimum Gasteiger partial charge on any atom is -0.351 e. The summed E-state index contributed by atoms with van der Waals surface area (Å²) in [5.74, 6) is 0.659. The predicted molar refractivity (Wildman–Crippen MR) is 118 cm³/mol. The maximum Gasteiger partial charge on any atom is 0.269 e. The van der Waals surface area contributed by atoms with Crippen molar-refractivity contribution in [3.05, 3.63) is 70.1 Å². The van der Waals surface area contributed by atoms with Gasteiger partial charge in [-0.2, -0.15) is 4.98 Å². The summed E-state index contributed by atoms with van der Waals surface area (Å²) in [4.78, 5) is 20.9. The van der Waals surface area contributed by atoms with Crippen molar-refractivity contribution in [2.24, 2.45) is 0 Å². The predicted octanol–water partition coefficient (Wildman–Crippen LogP) is 4.93. The Morgan fingerprint density at radius 1 is 1.23 bits per heavy atom. The van der Waals surface area contributed by atoms with Crippen molar-refractivity contribution in [1.29, 1.82) is 0 Å². The molecule has 31 heavy (non-hydrogen) atoms. The van der Waals surface area contributed by atoms with Crippen molar-refractivity contribution in [2.45, 2.75) is 25.7 Å². The molecule has 160 valence electrons. The number of H-pyrrole nitrogens is 1. The highest BCUT2D eigenvalue weighted by molar-refractivity contribution is 7.71. The number of aryl methyl sites for hydroxylation is 1. The average Bonchev–Trinajstić information content (AvgIpc) is 3.52. The largest absolute Gasteiger partial charge is 0.351 e. The number of hydrogen-bond acceptors (Lipinski definition) is 6. The third-order valence-corrected chi connectivity index (χ3v) is 5.82. The van der Waals surface area contributed by atoms with Crippen LogP contribution in [0.3, 0.4) is 0 Å². The van der Waals surface area contributed by atoms with Gasteiger partial charge in [-0.05, 0) is 60.8 Å². The van der Waals surface area contributed by atoms with Crippen molar-refractivity contribution in [3.63, 3.8) is 0 Å². The first-order valence-corrected chi connectivity index (χ1v) is 11.1. The molecule has 0 aliphatic heterocycles. The summed E-state index contributed by atoms with van der Waals surface area (Å²) >= 11 is 6.84. The van der Waals surface area contributed by atoms with Crippen LogP contribution in [0.15, 0.2) is 52.5 Å². The van der Waals surface area contributed by atoms with E-state index in [1.54, 1.807) is 34.2 Å². The summed E-state index contributed by atoms with van der Waals surface area (Å²) in [6.45, 7) is 0.532. The van der Waals surface area contributed by atoms with E-state index in [0.717, 1.165) is 24.1 Å². The smallest absolute Gasteiger partial charge is 0.269 e. The number of carbonyl (C=O) groups is 1. The van der Waals surface area contributed by atoms with Gasteiger partial charge in [0.15, 0.2) is 4.77 Å². The lowest BCUT2D eigenvalue weighted by Gasteiger charge is -2.09. The molecule has 3 heterocycles. The molecule has 0 unspecified atom stereocenters. The zero-order valence-electron chi connectivity index (χ0n) is 16.5. The Morgan fingerprint density at radius 3 is 2.84 bits per heavy atom. The molecule has 2 N–H and O–H groups in total. The second kappa shape index (κ2) is 9.80. The number of amides is 1. The monoisotopic (exact) mass is 457 g/mol. The zero-order valence-corrected chi connectivity index (χ0v) is 18.1. The molecule has 1 aromatic carbocycles. The van der Waals surface area contributed by atoms with E-state index in [1.807, 2.05) is 17.5 Å². The fourth-order valence-electron chi connectivity index (χ4n) is 3.11. The maximum absolute atomic E-state index is 13.2. The Bertz CT molecular complexity index is 1200. The van der Waals surface area contributed by atoms with Crippen LogP contribution < -0.4 is 5.32 Å². The van der Waals surface area contributed by atoms with Crippen molar-refractivity contribution >= 4 is 29.5 Å². The molecule has 7 nitrogen and oxygen atoms in total. The summed E-state index contributed by atoms with van der Waals surface area (Å²) in [7, 11) is 0. The molecule has 0 bridgehead atoms. The van der Waals surface area contributed by atoms with Crippen LogP contribution in [0, 0.1) is 10.6 Å². The third-order valence-electron chi connectivity index (χ3n) is 4.66. The van der Waals surface area contributed by atoms with Gasteiger partial charge in [0.05, 0.1) is 4.88 Å². The van der Waals surface area contributed by atoms with Crippen LogP contribution in [0.25, 0.3) is 16.4 Å². The normalized spacial score (nSPS) is 11.0. The molecule has 10 heteroatoms. The quantitative estimate of drug-likeness (QED) is 0.275. The van der Waals surface area contributed by atoms with Crippen LogP contribution in [0.5, 0.6) is 0 Å². The van der Waals surface area contributed by atoms with E-state index in [-0.39, 0.29) is 11.7 Å². The second-order valence-electron chi connectivity index (χ2n) is 6.85. The van der Waals surface area contributed by atoms with Crippen molar-refractivity contribution in [1.82, 2.24) is 25.0 Å². The molecule has 4 aromatic rings. The van der Waals surface area contributed by atoms with E-state index in [4.69, 9.17) is 16.7 Å². The van der Waals surface area contributed by atoms with Crippen molar-refractivity contribution in [3.8, 4) is 16.4 Å². The van der Waals surface area contributed by atoms with Crippen molar-refractivity contribution in [2.75, 3.05) is 6.54 Å². The van der Waals surface area contributed by atoms with E-state index >= 15 is 0 Å². The summed E-state index contributed by atoms with van der Waals surface area (Å²) in [6.07, 6.45) is 4.88. The van der Waals surface area contributed by atoms with Crippen LogP contribution in [0.1, 0.15) is 35.6 Å². The fourth-order valence-corrected chi connectivity index (χ4v) is 4.03. The highest BCUT2D eigenvalue weighted by Gasteiger charge is 2.14. The number of hydrogen-bond donors (Lipinski definition) is 2. The van der Waals surface area contributed by atoms with Gasteiger partial charge in [-0.15, -0.1) is 11.3 Å². The van der Waals surface area contributed by atoms with Crippen LogP contribution in [-0.4, -0.2) is 32.1 Å². The van der Waals surface area contributed by atoms with Gasteiger partial charge < -0.3 is 14.8 Å². The second-order valence-corrected chi connectivity index (χ2v) is 8.18. The molecule has 0 fully saturated rings. The summed E-state index contributed by atoms with van der Waals surface area (Å²) in [6, 6.07) is 9.74. The highest BCUT2D eigenvalue weighted by Crippen LogP contribution is 2.21. The SMILES string of the molecule is O=C(NCCCCCc1nc(-c2cccs2)no1)c1c[nH]c(=S)n1-c1ccc(F)cc1. The van der Waals surface area contributed by atoms with Crippen molar-refractivity contribution < 1.29 is 13.7 Å². The first kappa shape index (κ1) is 21.1. The maximum atomic E-state index is 13.2. The topological polar surface area (TPSA) is 88.7 Å². The number of benzene rings is 1. The third kappa shape index (κ3) is 5.15. The fraction of sp³-hybridized carbons (Fsp3) is 0.238. The summed E-state index contributed by atoms with van der Waals surface area (Å²) in [5.41, 5.74) is 1.00. The molecule has 0 saturated carbocycles. The van der Waals surface area contributed by atoms with Gasteiger partial charge in [-0.25, -0.2) is 4.39 Å². The van der Waals surface area contributed by atoms with E-state index in [9.17, 15) is 9.18 Å². The van der Waals surface area contributed by atoms with Crippen LogP contribution >= 0.6 is 23.6 Å². The number of nitrogens with zero attached hydrogens (tertiary/aromatic N) is 3. The molecule has 0 spiro atoms.